The van der Waals surface area contributed by atoms with Crippen molar-refractivity contribution in [2.24, 2.45) is 0 Å². The zero-order valence-electron chi connectivity index (χ0n) is 23.5. The summed E-state index contributed by atoms with van der Waals surface area (Å²) in [5, 5.41) is 0.932. The Morgan fingerprint density at radius 3 is 1.48 bits per heavy atom. The van der Waals surface area contributed by atoms with Crippen LogP contribution in [0.25, 0.3) is 44.7 Å². The van der Waals surface area contributed by atoms with Crippen LogP contribution >= 0.6 is 0 Å². The average Bonchev–Trinajstić information content (AvgIpc) is 3.09. The number of ether oxygens (including phenoxy) is 1. The molecule has 7 rings (SSSR count). The van der Waals surface area contributed by atoms with E-state index >= 15 is 0 Å². The van der Waals surface area contributed by atoms with E-state index in [0.29, 0.717) is 44.4 Å². The highest BCUT2D eigenvalue weighted by Gasteiger charge is 2.12. The van der Waals surface area contributed by atoms with Gasteiger partial charge in [-0.2, -0.15) is 0 Å². The standard InChI is InChI=1S/C21H13NO3.C15H11NO3/c23-19(14-6-2-1-3-7-14)15-10-12-16(13-11-15)20-22-18-9-5-4-8-17(18)21(24)25-20;1-18-11-8-6-10(7-9-11)14-16-13-5-3-2-4-12(13)15(17)19-14/h1-13H;2-9H,1H3. The fourth-order valence-corrected chi connectivity index (χ4v) is 4.54. The summed E-state index contributed by atoms with van der Waals surface area (Å²) in [6, 6.07) is 37.3. The number of para-hydroxylation sites is 2. The Kier molecular flexibility index (Phi) is 7.88. The fraction of sp³-hybridized carbons (Fsp3) is 0.0278. The molecular weight excluding hydrogens is 556 g/mol. The molecule has 0 unspecified atom stereocenters. The van der Waals surface area contributed by atoms with E-state index in [2.05, 4.69) is 9.97 Å². The molecule has 0 aliphatic heterocycles. The second kappa shape index (κ2) is 12.4. The molecule has 0 radical (unpaired) electrons. The van der Waals surface area contributed by atoms with E-state index in [1.807, 2.05) is 30.3 Å². The molecule has 0 aliphatic carbocycles. The van der Waals surface area contributed by atoms with E-state index in [-0.39, 0.29) is 17.3 Å². The van der Waals surface area contributed by atoms with Crippen LogP contribution in [0.5, 0.6) is 5.75 Å². The molecule has 0 saturated carbocycles. The average molecular weight is 581 g/mol. The highest BCUT2D eigenvalue weighted by molar-refractivity contribution is 6.09. The molecule has 7 aromatic rings. The van der Waals surface area contributed by atoms with Gasteiger partial charge < -0.3 is 13.6 Å². The Labute approximate surface area is 250 Å². The molecule has 0 N–H and O–H groups in total. The Hall–Kier alpha value is -6.15. The van der Waals surface area contributed by atoms with Crippen LogP contribution in [0.3, 0.4) is 0 Å². The predicted octanol–water partition coefficient (Wildman–Crippen LogP) is 6.95. The first kappa shape index (κ1) is 28.0. The van der Waals surface area contributed by atoms with Crippen LogP contribution in [0.2, 0.25) is 0 Å². The van der Waals surface area contributed by atoms with Gasteiger partial charge in [0, 0.05) is 22.3 Å². The number of carbonyl (C=O) groups is 1. The van der Waals surface area contributed by atoms with Crippen LogP contribution < -0.4 is 16.0 Å². The number of methoxy groups -OCH3 is 1. The minimum Gasteiger partial charge on any atom is -0.497 e. The topological polar surface area (TPSA) is 113 Å². The minimum atomic E-state index is -0.426. The van der Waals surface area contributed by atoms with Gasteiger partial charge in [-0.05, 0) is 60.7 Å². The first-order chi connectivity index (χ1) is 21.5. The van der Waals surface area contributed by atoms with Crippen molar-refractivity contribution in [2.45, 2.75) is 0 Å². The number of fused-ring (bicyclic) bond motifs is 2. The van der Waals surface area contributed by atoms with Crippen LogP contribution in [0.15, 0.2) is 146 Å². The summed E-state index contributed by atoms with van der Waals surface area (Å²) in [5.41, 5.74) is 2.99. The number of benzene rings is 5. The van der Waals surface area contributed by atoms with E-state index in [0.717, 1.165) is 11.3 Å². The van der Waals surface area contributed by atoms with Gasteiger partial charge in [-0.15, -0.1) is 0 Å². The summed E-state index contributed by atoms with van der Waals surface area (Å²) >= 11 is 0. The summed E-state index contributed by atoms with van der Waals surface area (Å²) < 4.78 is 15.6. The van der Waals surface area contributed by atoms with Crippen molar-refractivity contribution in [3.8, 4) is 28.7 Å². The van der Waals surface area contributed by atoms with Gasteiger partial charge in [-0.1, -0.05) is 66.7 Å². The lowest BCUT2D eigenvalue weighted by atomic mass is 10.0. The molecule has 44 heavy (non-hydrogen) atoms. The zero-order valence-corrected chi connectivity index (χ0v) is 23.5. The van der Waals surface area contributed by atoms with Crippen molar-refractivity contribution < 1.29 is 18.4 Å². The molecule has 0 spiro atoms. The van der Waals surface area contributed by atoms with Gasteiger partial charge in [-0.25, -0.2) is 19.6 Å². The van der Waals surface area contributed by atoms with Gasteiger partial charge >= 0.3 is 11.3 Å². The van der Waals surface area contributed by atoms with E-state index in [9.17, 15) is 14.4 Å². The Morgan fingerprint density at radius 1 is 0.545 bits per heavy atom. The summed E-state index contributed by atoms with van der Waals surface area (Å²) in [6.45, 7) is 0. The number of nitrogens with zero attached hydrogens (tertiary/aromatic N) is 2. The SMILES string of the molecule is COc1ccc(-c2nc3ccccc3c(=O)o2)cc1.O=C(c1ccccc1)c1ccc(-c2nc3ccccc3c(=O)o2)cc1. The summed E-state index contributed by atoms with van der Waals surface area (Å²) in [7, 11) is 1.60. The molecule has 0 aliphatic rings. The maximum atomic E-state index is 12.4. The summed E-state index contributed by atoms with van der Waals surface area (Å²) in [5.74, 6) is 1.24. The Morgan fingerprint density at radius 2 is 0.977 bits per heavy atom. The van der Waals surface area contributed by atoms with E-state index in [1.165, 1.54) is 0 Å². The number of carbonyl (C=O) groups excluding carboxylic acids is 1. The maximum absolute atomic E-state index is 12.4. The fourth-order valence-electron chi connectivity index (χ4n) is 4.54. The number of hydrogen-bond donors (Lipinski definition) is 0. The first-order valence-corrected chi connectivity index (χ1v) is 13.6. The quantitative estimate of drug-likeness (QED) is 0.201. The largest absolute Gasteiger partial charge is 0.497 e. The van der Waals surface area contributed by atoms with E-state index in [4.69, 9.17) is 13.6 Å². The molecule has 214 valence electrons. The van der Waals surface area contributed by atoms with Crippen LogP contribution in [-0.4, -0.2) is 22.9 Å². The zero-order chi connectivity index (χ0) is 30.5. The molecule has 2 aromatic heterocycles. The van der Waals surface area contributed by atoms with Gasteiger partial charge in [0.2, 0.25) is 11.8 Å². The first-order valence-electron chi connectivity index (χ1n) is 13.6. The molecule has 0 fully saturated rings. The lowest BCUT2D eigenvalue weighted by Gasteiger charge is -2.04. The summed E-state index contributed by atoms with van der Waals surface area (Å²) in [4.78, 5) is 45.1. The number of ketones is 1. The third-order valence-electron chi connectivity index (χ3n) is 6.84. The Balaban J connectivity index is 0.000000162. The van der Waals surface area contributed by atoms with Crippen molar-refractivity contribution >= 4 is 27.6 Å². The second-order valence-corrected chi connectivity index (χ2v) is 9.65. The third-order valence-corrected chi connectivity index (χ3v) is 6.84. The van der Waals surface area contributed by atoms with Gasteiger partial charge in [0.05, 0.1) is 28.9 Å². The molecule has 2 heterocycles. The predicted molar refractivity (Wildman–Crippen MR) is 168 cm³/mol. The smallest absolute Gasteiger partial charge is 0.347 e. The molecule has 0 amide bonds. The third kappa shape index (κ3) is 5.91. The normalized spacial score (nSPS) is 10.7. The van der Waals surface area contributed by atoms with Crippen LogP contribution in [0.1, 0.15) is 15.9 Å². The van der Waals surface area contributed by atoms with Gasteiger partial charge in [0.25, 0.3) is 0 Å². The number of rotatable bonds is 5. The van der Waals surface area contributed by atoms with Crippen molar-refractivity contribution in [3.05, 3.63) is 159 Å². The molecule has 0 atom stereocenters. The molecule has 8 heteroatoms. The lowest BCUT2D eigenvalue weighted by molar-refractivity contribution is 0.103. The Bertz CT molecular complexity index is 2200. The lowest BCUT2D eigenvalue weighted by Crippen LogP contribution is -2.03. The molecular formula is C36H24N2O6. The number of aromatic nitrogens is 2. The van der Waals surface area contributed by atoms with Crippen LogP contribution in [-0.2, 0) is 0 Å². The number of hydrogen-bond acceptors (Lipinski definition) is 8. The van der Waals surface area contributed by atoms with Crippen molar-refractivity contribution in [1.29, 1.82) is 0 Å². The maximum Gasteiger partial charge on any atom is 0.347 e. The highest BCUT2D eigenvalue weighted by atomic mass is 16.5. The monoisotopic (exact) mass is 580 g/mol. The van der Waals surface area contributed by atoms with Crippen LogP contribution in [0, 0.1) is 0 Å². The highest BCUT2D eigenvalue weighted by Crippen LogP contribution is 2.22. The minimum absolute atomic E-state index is 0.0555. The van der Waals surface area contributed by atoms with Crippen molar-refractivity contribution in [3.63, 3.8) is 0 Å². The van der Waals surface area contributed by atoms with Crippen LogP contribution in [0.4, 0.5) is 0 Å². The molecule has 5 aromatic carbocycles. The van der Waals surface area contributed by atoms with E-state index in [1.54, 1.807) is 104 Å². The van der Waals surface area contributed by atoms with Crippen molar-refractivity contribution in [1.82, 2.24) is 9.97 Å². The second-order valence-electron chi connectivity index (χ2n) is 9.65. The van der Waals surface area contributed by atoms with Crippen molar-refractivity contribution in [2.75, 3.05) is 7.11 Å². The molecule has 0 bridgehead atoms. The van der Waals surface area contributed by atoms with Gasteiger partial charge in [0.15, 0.2) is 5.78 Å². The van der Waals surface area contributed by atoms with E-state index < -0.39 is 5.63 Å². The molecule has 8 nitrogen and oxygen atoms in total. The van der Waals surface area contributed by atoms with Gasteiger partial charge in [0.1, 0.15) is 5.75 Å². The molecule has 0 saturated heterocycles. The summed E-state index contributed by atoms with van der Waals surface area (Å²) in [6.07, 6.45) is 0. The van der Waals surface area contributed by atoms with Gasteiger partial charge in [-0.3, -0.25) is 4.79 Å².